The molecule has 2 aromatic heterocycles. The van der Waals surface area contributed by atoms with Crippen molar-refractivity contribution in [2.24, 2.45) is 0 Å². The van der Waals surface area contributed by atoms with E-state index in [2.05, 4.69) is 33.8 Å². The number of methoxy groups -OCH3 is 2. The molecule has 4 heterocycles. The molecule has 10 nitrogen and oxygen atoms in total. The van der Waals surface area contributed by atoms with Crippen molar-refractivity contribution < 1.29 is 28.7 Å². The molecule has 0 aromatic carbocycles. The quantitative estimate of drug-likeness (QED) is 0.256. The maximum atomic E-state index is 12.4. The second kappa shape index (κ2) is 13.7. The van der Waals surface area contributed by atoms with E-state index in [1.807, 2.05) is 32.9 Å². The Morgan fingerprint density at radius 1 is 0.689 bits per heavy atom. The summed E-state index contributed by atoms with van der Waals surface area (Å²) in [5, 5.41) is 5.81. The Kier molecular flexibility index (Phi) is 9.96. The van der Waals surface area contributed by atoms with Crippen molar-refractivity contribution in [3.05, 3.63) is 104 Å². The molecule has 2 aliphatic rings. The van der Waals surface area contributed by atoms with E-state index in [9.17, 15) is 19.2 Å². The van der Waals surface area contributed by atoms with Crippen LogP contribution in [-0.2, 0) is 47.9 Å². The van der Waals surface area contributed by atoms with Crippen molar-refractivity contribution in [2.45, 2.75) is 59.8 Å². The third-order valence-corrected chi connectivity index (χ3v) is 8.55. The van der Waals surface area contributed by atoms with Gasteiger partial charge in [0.25, 0.3) is 11.8 Å². The monoisotopic (exact) mass is 612 g/mol. The molecule has 0 fully saturated rings. The first-order chi connectivity index (χ1) is 21.4. The first-order valence-corrected chi connectivity index (χ1v) is 14.7. The van der Waals surface area contributed by atoms with Crippen LogP contribution in [0, 0.1) is 13.8 Å². The number of amides is 2. The highest BCUT2D eigenvalue weighted by Crippen LogP contribution is 2.31. The molecule has 0 bridgehead atoms. The molecule has 0 atom stereocenters. The largest absolute Gasteiger partial charge is 0.469 e. The van der Waals surface area contributed by atoms with Gasteiger partial charge in [-0.3, -0.25) is 19.2 Å². The summed E-state index contributed by atoms with van der Waals surface area (Å²) in [7, 11) is 2.73. The van der Waals surface area contributed by atoms with Crippen molar-refractivity contribution >= 4 is 35.9 Å². The minimum Gasteiger partial charge on any atom is -0.469 e. The van der Waals surface area contributed by atoms with Gasteiger partial charge in [-0.25, -0.2) is 0 Å². The second-order valence-corrected chi connectivity index (χ2v) is 11.1. The average Bonchev–Trinajstić information content (AvgIpc) is 3.66. The number of carbonyl (C=O) groups excluding carboxylic acids is 4. The van der Waals surface area contributed by atoms with E-state index < -0.39 is 0 Å². The van der Waals surface area contributed by atoms with E-state index in [0.717, 1.165) is 56.2 Å². The van der Waals surface area contributed by atoms with Crippen LogP contribution in [0.3, 0.4) is 0 Å². The van der Waals surface area contributed by atoms with Crippen LogP contribution in [0.2, 0.25) is 0 Å². The Labute approximate surface area is 263 Å². The number of nitrogens with one attached hydrogen (secondary N) is 4. The van der Waals surface area contributed by atoms with E-state index in [0.29, 0.717) is 41.8 Å². The summed E-state index contributed by atoms with van der Waals surface area (Å²) < 4.78 is 9.83. The SMILES string of the molecule is C=CC1=C(C)/C(=C/c2[nH]c(Cc3[nH]c(/C=C4\NC(=O)C(C)=C4C=C)c(C)c3CCC(=O)OC)c(CCC(=O)OC)c2C)NC1=O. The van der Waals surface area contributed by atoms with E-state index >= 15 is 0 Å². The standard InChI is InChI=1S/C35H40N4O6/c1-9-22-21(6)34(42)39-29(22)16-27-20(5)25(12-14-33(41)45-8)31(37-27)17-30-24(11-13-32(40)44-7)19(4)26(36-30)15-28-18(3)23(10-2)35(43)38-28/h9-10,15-16,36-37H,1-2,11-14,17H2,3-8H3,(H,38,43)(H,39,42)/b28-15-,29-16-. The first kappa shape index (κ1) is 32.8. The van der Waals surface area contributed by atoms with Crippen LogP contribution >= 0.6 is 0 Å². The zero-order valence-corrected chi connectivity index (χ0v) is 26.7. The number of hydrogen-bond donors (Lipinski definition) is 4. The van der Waals surface area contributed by atoms with Crippen molar-refractivity contribution in [3.63, 3.8) is 0 Å². The topological polar surface area (TPSA) is 142 Å². The Bertz CT molecular complexity index is 1740. The molecule has 2 amide bonds. The molecule has 4 N–H and O–H groups in total. The van der Waals surface area contributed by atoms with Gasteiger partial charge in [-0.2, -0.15) is 0 Å². The number of ether oxygens (including phenoxy) is 2. The molecule has 236 valence electrons. The predicted octanol–water partition coefficient (Wildman–Crippen LogP) is 4.71. The minimum absolute atomic E-state index is 0.172. The van der Waals surface area contributed by atoms with E-state index in [4.69, 9.17) is 9.47 Å². The van der Waals surface area contributed by atoms with Crippen LogP contribution in [0.25, 0.3) is 12.2 Å². The van der Waals surface area contributed by atoms with Gasteiger partial charge < -0.3 is 30.1 Å². The Morgan fingerprint density at radius 3 is 1.60 bits per heavy atom. The summed E-state index contributed by atoms with van der Waals surface area (Å²) in [6.07, 6.45) is 8.69. The fourth-order valence-corrected chi connectivity index (χ4v) is 5.81. The van der Waals surface area contributed by atoms with Gasteiger partial charge >= 0.3 is 11.9 Å². The van der Waals surface area contributed by atoms with Crippen molar-refractivity contribution in [2.75, 3.05) is 14.2 Å². The van der Waals surface area contributed by atoms with Gasteiger partial charge in [-0.05, 0) is 80.5 Å². The van der Waals surface area contributed by atoms with Gasteiger partial charge in [-0.15, -0.1) is 0 Å². The summed E-state index contributed by atoms with van der Waals surface area (Å²) >= 11 is 0. The summed E-state index contributed by atoms with van der Waals surface area (Å²) in [5.41, 5.74) is 11.1. The predicted molar refractivity (Wildman–Crippen MR) is 173 cm³/mol. The lowest BCUT2D eigenvalue weighted by molar-refractivity contribution is -0.141. The molecule has 0 saturated carbocycles. The number of carbonyl (C=O) groups is 4. The molecule has 10 heteroatoms. The number of aromatic nitrogens is 2. The number of aromatic amines is 2. The van der Waals surface area contributed by atoms with Gasteiger partial charge in [0.1, 0.15) is 0 Å². The Balaban J connectivity index is 1.81. The van der Waals surface area contributed by atoms with E-state index in [1.165, 1.54) is 14.2 Å². The van der Waals surface area contributed by atoms with Crippen LogP contribution in [0.15, 0.2) is 59.0 Å². The minimum atomic E-state index is -0.318. The lowest BCUT2D eigenvalue weighted by Crippen LogP contribution is -2.15. The highest BCUT2D eigenvalue weighted by Gasteiger charge is 2.25. The number of allylic oxidation sites excluding steroid dienone is 2. The van der Waals surface area contributed by atoms with Crippen LogP contribution in [0.5, 0.6) is 0 Å². The van der Waals surface area contributed by atoms with Crippen LogP contribution < -0.4 is 10.6 Å². The normalized spacial score (nSPS) is 16.5. The van der Waals surface area contributed by atoms with Gasteiger partial charge in [0.05, 0.1) is 19.9 Å². The first-order valence-electron chi connectivity index (χ1n) is 14.7. The lowest BCUT2D eigenvalue weighted by atomic mass is 9.98. The molecule has 0 aliphatic carbocycles. The van der Waals surface area contributed by atoms with Crippen molar-refractivity contribution in [3.8, 4) is 0 Å². The molecule has 0 radical (unpaired) electrons. The van der Waals surface area contributed by atoms with Crippen LogP contribution in [-0.4, -0.2) is 47.9 Å². The van der Waals surface area contributed by atoms with E-state index in [1.54, 1.807) is 19.1 Å². The third kappa shape index (κ3) is 6.69. The molecule has 4 rings (SSSR count). The fourth-order valence-electron chi connectivity index (χ4n) is 5.81. The summed E-state index contributed by atoms with van der Waals surface area (Å²) in [5.74, 6) is -1.01. The van der Waals surface area contributed by atoms with Crippen LogP contribution in [0.4, 0.5) is 0 Å². The van der Waals surface area contributed by atoms with Gasteiger partial charge in [0, 0.05) is 64.5 Å². The van der Waals surface area contributed by atoms with Crippen LogP contribution in [0.1, 0.15) is 71.7 Å². The van der Waals surface area contributed by atoms with E-state index in [-0.39, 0.29) is 36.6 Å². The smallest absolute Gasteiger partial charge is 0.305 e. The molecular weight excluding hydrogens is 572 g/mol. The highest BCUT2D eigenvalue weighted by atomic mass is 16.5. The van der Waals surface area contributed by atoms with Gasteiger partial charge in [0.2, 0.25) is 0 Å². The third-order valence-electron chi connectivity index (χ3n) is 8.55. The maximum absolute atomic E-state index is 12.4. The molecule has 0 spiro atoms. The molecule has 0 saturated heterocycles. The summed E-state index contributed by atoms with van der Waals surface area (Å²) in [4.78, 5) is 56.1. The highest BCUT2D eigenvalue weighted by molar-refractivity contribution is 6.03. The zero-order chi connectivity index (χ0) is 33.0. The van der Waals surface area contributed by atoms with Crippen molar-refractivity contribution in [1.29, 1.82) is 0 Å². The molecule has 0 unspecified atom stereocenters. The second-order valence-electron chi connectivity index (χ2n) is 11.1. The lowest BCUT2D eigenvalue weighted by Gasteiger charge is -2.08. The number of esters is 2. The molecule has 2 aromatic rings. The number of hydrogen-bond acceptors (Lipinski definition) is 6. The van der Waals surface area contributed by atoms with Crippen molar-refractivity contribution in [1.82, 2.24) is 20.6 Å². The molecular formula is C35H40N4O6. The summed E-state index contributed by atoms with van der Waals surface area (Å²) in [6, 6.07) is 0. The van der Waals surface area contributed by atoms with Gasteiger partial charge in [0.15, 0.2) is 0 Å². The van der Waals surface area contributed by atoms with Gasteiger partial charge in [-0.1, -0.05) is 25.3 Å². The molecule has 45 heavy (non-hydrogen) atoms. The number of rotatable bonds is 12. The summed E-state index contributed by atoms with van der Waals surface area (Å²) in [6.45, 7) is 15.2. The zero-order valence-electron chi connectivity index (χ0n) is 26.7. The Hall–Kier alpha value is -5.12. The average molecular weight is 613 g/mol. The Morgan fingerprint density at radius 2 is 1.16 bits per heavy atom. The fraction of sp³-hybridized carbons (Fsp3) is 0.314. The maximum Gasteiger partial charge on any atom is 0.305 e. The molecule has 2 aliphatic heterocycles. The number of H-pyrrole nitrogens is 2.